The van der Waals surface area contributed by atoms with Gasteiger partial charge in [-0.3, -0.25) is 9.69 Å². The van der Waals surface area contributed by atoms with Crippen molar-refractivity contribution in [2.75, 3.05) is 43.0 Å². The number of fused-ring (bicyclic) bond motifs is 1. The van der Waals surface area contributed by atoms with Crippen LogP contribution in [-0.2, 0) is 16.1 Å². The molecule has 12 heteroatoms. The molecule has 38 heavy (non-hydrogen) atoms. The fourth-order valence-electron chi connectivity index (χ4n) is 4.39. The van der Waals surface area contributed by atoms with Crippen LogP contribution >= 0.6 is 0 Å². The lowest BCUT2D eigenvalue weighted by Crippen LogP contribution is -2.50. The van der Waals surface area contributed by atoms with E-state index in [0.29, 0.717) is 49.2 Å². The maximum Gasteiger partial charge on any atom is 0.415 e. The fourth-order valence-corrected chi connectivity index (χ4v) is 4.39. The average Bonchev–Trinajstić information content (AvgIpc) is 3.29. The van der Waals surface area contributed by atoms with E-state index in [-0.39, 0.29) is 24.7 Å². The summed E-state index contributed by atoms with van der Waals surface area (Å²) in [7, 11) is 0. The van der Waals surface area contributed by atoms with E-state index in [2.05, 4.69) is 37.2 Å². The standard InChI is InChI=1S/C26H27N7O5/c34-24-15-36-22-4-5-23(30-25(22)31-24)33-14-18(38-26(33)35)6-7-27-10-16-2-1-3-17(8-16)21-9-19(13-29-32-21)37-20-11-28-12-20/h1-5,8-9,13,18,20,27-28H,6-7,10-12,14-15H2,(H,30,31,34)/t18-/m0/s1. The Hall–Kier alpha value is -4.29. The highest BCUT2D eigenvalue weighted by Crippen LogP contribution is 2.30. The summed E-state index contributed by atoms with van der Waals surface area (Å²) < 4.78 is 16.8. The Kier molecular flexibility index (Phi) is 6.71. The van der Waals surface area contributed by atoms with E-state index in [1.807, 2.05) is 24.3 Å². The summed E-state index contributed by atoms with van der Waals surface area (Å²) in [6, 6.07) is 13.4. The number of carbonyl (C=O) groups excluding carboxylic acids is 2. The Morgan fingerprint density at radius 1 is 1.16 bits per heavy atom. The topological polar surface area (TPSA) is 140 Å². The number of benzene rings is 1. The van der Waals surface area contributed by atoms with Gasteiger partial charge in [-0.25, -0.2) is 9.78 Å². The molecule has 1 atom stereocenters. The number of pyridine rings is 1. The lowest BCUT2D eigenvalue weighted by molar-refractivity contribution is -0.118. The Labute approximate surface area is 218 Å². The minimum absolute atomic E-state index is 0.0477. The second-order valence-corrected chi connectivity index (χ2v) is 9.31. The van der Waals surface area contributed by atoms with Crippen LogP contribution in [-0.4, -0.2) is 72.2 Å². The van der Waals surface area contributed by atoms with Gasteiger partial charge in [0.15, 0.2) is 18.2 Å². The van der Waals surface area contributed by atoms with Crippen molar-refractivity contribution in [3.05, 3.63) is 54.2 Å². The van der Waals surface area contributed by atoms with Crippen molar-refractivity contribution in [3.8, 4) is 22.8 Å². The number of anilines is 2. The molecule has 0 saturated carbocycles. The lowest BCUT2D eigenvalue weighted by atomic mass is 10.1. The Bertz CT molecular complexity index is 1350. The van der Waals surface area contributed by atoms with E-state index in [4.69, 9.17) is 14.2 Å². The van der Waals surface area contributed by atoms with Crippen LogP contribution in [0.3, 0.4) is 0 Å². The Balaban J connectivity index is 1.00. The first-order valence-corrected chi connectivity index (χ1v) is 12.5. The van der Waals surface area contributed by atoms with Gasteiger partial charge in [-0.05, 0) is 36.7 Å². The second-order valence-electron chi connectivity index (χ2n) is 9.31. The van der Waals surface area contributed by atoms with E-state index >= 15 is 0 Å². The van der Waals surface area contributed by atoms with Crippen molar-refractivity contribution < 1.29 is 23.8 Å². The van der Waals surface area contributed by atoms with Crippen LogP contribution in [0, 0.1) is 0 Å². The zero-order valence-electron chi connectivity index (χ0n) is 20.6. The number of cyclic esters (lactones) is 1. The van der Waals surface area contributed by atoms with Gasteiger partial charge < -0.3 is 30.2 Å². The van der Waals surface area contributed by atoms with Gasteiger partial charge in [0.25, 0.3) is 5.91 Å². The highest BCUT2D eigenvalue weighted by atomic mass is 16.6. The first kappa shape index (κ1) is 24.1. The number of hydrogen-bond acceptors (Lipinski definition) is 10. The number of amides is 2. The molecule has 0 spiro atoms. The number of carbonyl (C=O) groups is 2. The summed E-state index contributed by atoms with van der Waals surface area (Å²) in [5.41, 5.74) is 2.83. The second kappa shape index (κ2) is 10.6. The normalized spacial score (nSPS) is 18.7. The van der Waals surface area contributed by atoms with Crippen LogP contribution in [0.15, 0.2) is 48.7 Å². The number of nitrogens with zero attached hydrogens (tertiary/aromatic N) is 4. The molecule has 2 aromatic heterocycles. The predicted molar refractivity (Wildman–Crippen MR) is 137 cm³/mol. The average molecular weight is 518 g/mol. The Morgan fingerprint density at radius 2 is 2.08 bits per heavy atom. The summed E-state index contributed by atoms with van der Waals surface area (Å²) >= 11 is 0. The summed E-state index contributed by atoms with van der Waals surface area (Å²) in [5.74, 6) is 1.63. The number of ether oxygens (including phenoxy) is 3. The van der Waals surface area contributed by atoms with Crippen LogP contribution in [0.25, 0.3) is 11.3 Å². The number of hydrogen-bond donors (Lipinski definition) is 3. The van der Waals surface area contributed by atoms with Gasteiger partial charge in [0.2, 0.25) is 0 Å². The maximum absolute atomic E-state index is 12.4. The third kappa shape index (κ3) is 5.36. The molecule has 5 heterocycles. The lowest BCUT2D eigenvalue weighted by Gasteiger charge is -2.27. The van der Waals surface area contributed by atoms with Crippen LogP contribution in [0.5, 0.6) is 11.5 Å². The van der Waals surface area contributed by atoms with E-state index in [9.17, 15) is 9.59 Å². The molecule has 3 aliphatic rings. The van der Waals surface area contributed by atoms with Crippen molar-refractivity contribution in [2.24, 2.45) is 0 Å². The van der Waals surface area contributed by atoms with Gasteiger partial charge in [-0.2, -0.15) is 10.2 Å². The molecule has 0 radical (unpaired) electrons. The van der Waals surface area contributed by atoms with Crippen LogP contribution < -0.4 is 30.3 Å². The molecule has 3 N–H and O–H groups in total. The van der Waals surface area contributed by atoms with Crippen molar-refractivity contribution >= 4 is 23.6 Å². The van der Waals surface area contributed by atoms with E-state index in [0.717, 1.165) is 29.9 Å². The van der Waals surface area contributed by atoms with E-state index in [1.54, 1.807) is 18.3 Å². The molecule has 6 rings (SSSR count). The molecule has 2 amide bonds. The van der Waals surface area contributed by atoms with Crippen LogP contribution in [0.1, 0.15) is 12.0 Å². The molecular weight excluding hydrogens is 490 g/mol. The van der Waals surface area contributed by atoms with Gasteiger partial charge in [-0.15, -0.1) is 0 Å². The summed E-state index contributed by atoms with van der Waals surface area (Å²) in [6.45, 7) is 3.34. The molecule has 2 saturated heterocycles. The molecule has 1 aromatic carbocycles. The van der Waals surface area contributed by atoms with Crippen molar-refractivity contribution in [1.82, 2.24) is 25.8 Å². The van der Waals surface area contributed by atoms with Gasteiger partial charge >= 0.3 is 6.09 Å². The minimum atomic E-state index is -0.459. The van der Waals surface area contributed by atoms with Gasteiger partial charge in [-0.1, -0.05) is 18.2 Å². The largest absolute Gasteiger partial charge is 0.486 e. The van der Waals surface area contributed by atoms with E-state index in [1.165, 1.54) is 4.90 Å². The Morgan fingerprint density at radius 3 is 2.95 bits per heavy atom. The zero-order valence-corrected chi connectivity index (χ0v) is 20.6. The molecular formula is C26H27N7O5. The highest BCUT2D eigenvalue weighted by Gasteiger charge is 2.33. The quantitative estimate of drug-likeness (QED) is 0.360. The van der Waals surface area contributed by atoms with E-state index < -0.39 is 6.09 Å². The molecule has 12 nitrogen and oxygen atoms in total. The summed E-state index contributed by atoms with van der Waals surface area (Å²) in [6.07, 6.45) is 1.74. The number of aromatic nitrogens is 3. The first-order valence-electron chi connectivity index (χ1n) is 12.5. The molecule has 196 valence electrons. The monoisotopic (exact) mass is 517 g/mol. The smallest absolute Gasteiger partial charge is 0.415 e. The van der Waals surface area contributed by atoms with Gasteiger partial charge in [0, 0.05) is 31.3 Å². The predicted octanol–water partition coefficient (Wildman–Crippen LogP) is 1.73. The molecule has 2 fully saturated rings. The van der Waals surface area contributed by atoms with Crippen molar-refractivity contribution in [1.29, 1.82) is 0 Å². The highest BCUT2D eigenvalue weighted by molar-refractivity contribution is 5.95. The number of nitrogens with one attached hydrogen (secondary N) is 3. The molecule has 0 aliphatic carbocycles. The summed E-state index contributed by atoms with van der Waals surface area (Å²) in [5, 5.41) is 17.6. The molecule has 0 bridgehead atoms. The van der Waals surface area contributed by atoms with Crippen molar-refractivity contribution in [2.45, 2.75) is 25.2 Å². The number of rotatable bonds is 9. The molecule has 3 aliphatic heterocycles. The fraction of sp³-hybridized carbons (Fsp3) is 0.346. The van der Waals surface area contributed by atoms with Crippen LogP contribution in [0.4, 0.5) is 16.4 Å². The third-order valence-corrected chi connectivity index (χ3v) is 6.48. The van der Waals surface area contributed by atoms with Gasteiger partial charge in [0.1, 0.15) is 23.8 Å². The van der Waals surface area contributed by atoms with Crippen LogP contribution in [0.2, 0.25) is 0 Å². The molecule has 0 unspecified atom stereocenters. The van der Waals surface area contributed by atoms with Gasteiger partial charge in [0.05, 0.1) is 18.4 Å². The zero-order chi connectivity index (χ0) is 25.9. The minimum Gasteiger partial charge on any atom is -0.486 e. The third-order valence-electron chi connectivity index (χ3n) is 6.48. The summed E-state index contributed by atoms with van der Waals surface area (Å²) in [4.78, 5) is 29.8. The maximum atomic E-state index is 12.4. The first-order chi connectivity index (χ1) is 18.6. The SMILES string of the molecule is O=C1COc2ccc(N3C[C@H](CCNCc4cccc(-c5cc(OC6CNC6)cnn5)c4)OC3=O)nc2N1. The molecule has 3 aromatic rings. The van der Waals surface area contributed by atoms with Crippen molar-refractivity contribution in [3.63, 3.8) is 0 Å².